The van der Waals surface area contributed by atoms with Crippen LogP contribution < -0.4 is 5.32 Å². The van der Waals surface area contributed by atoms with E-state index in [1.54, 1.807) is 6.20 Å². The molecule has 7 heteroatoms. The molecule has 4 aliphatic rings. The Labute approximate surface area is 128 Å². The Morgan fingerprint density at radius 2 is 2.14 bits per heavy atom. The molecule has 0 aliphatic carbocycles. The summed E-state index contributed by atoms with van der Waals surface area (Å²) in [4.78, 5) is 15.1. The predicted molar refractivity (Wildman–Crippen MR) is 80.6 cm³/mol. The summed E-state index contributed by atoms with van der Waals surface area (Å²) in [6.45, 7) is 4.23. The highest BCUT2D eigenvalue weighted by atomic mass is 35.5. The lowest BCUT2D eigenvalue weighted by Gasteiger charge is -2.53. The van der Waals surface area contributed by atoms with Crippen molar-refractivity contribution in [2.75, 3.05) is 31.5 Å². The van der Waals surface area contributed by atoms with Crippen LogP contribution in [0.4, 0.5) is 5.82 Å². The summed E-state index contributed by atoms with van der Waals surface area (Å²) < 4.78 is 6.28. The fraction of sp³-hybridized carbons (Fsp3) is 0.643. The summed E-state index contributed by atoms with van der Waals surface area (Å²) in [6.07, 6.45) is 6.57. The maximum atomic E-state index is 6.28. The summed E-state index contributed by atoms with van der Waals surface area (Å²) in [5.74, 6) is 1.25. The zero-order valence-electron chi connectivity index (χ0n) is 11.8. The Kier molecular flexibility index (Phi) is 3.23. The van der Waals surface area contributed by atoms with Crippen molar-refractivity contribution < 1.29 is 4.74 Å². The number of hydrogen-bond donors (Lipinski definition) is 1. The van der Waals surface area contributed by atoms with E-state index >= 15 is 0 Å². The summed E-state index contributed by atoms with van der Waals surface area (Å²) >= 11 is 5.75. The molecule has 1 unspecified atom stereocenters. The van der Waals surface area contributed by atoms with Crippen LogP contribution in [-0.4, -0.2) is 52.7 Å². The first kappa shape index (κ1) is 13.3. The third-order valence-electron chi connectivity index (χ3n) is 4.77. The van der Waals surface area contributed by atoms with E-state index in [1.807, 2.05) is 0 Å². The smallest absolute Gasteiger partial charge is 0.291 e. The maximum Gasteiger partial charge on any atom is 0.291 e. The molecule has 6 nitrogen and oxygen atoms in total. The minimum atomic E-state index is -0.0690. The number of aromatic nitrogens is 2. The maximum absolute atomic E-state index is 6.28. The first-order valence-electron chi connectivity index (χ1n) is 7.44. The van der Waals surface area contributed by atoms with Crippen LogP contribution in [-0.2, 0) is 4.74 Å². The summed E-state index contributed by atoms with van der Waals surface area (Å²) in [6, 6.07) is 0.562. The number of halogens is 1. The molecule has 3 fully saturated rings. The Morgan fingerprint density at radius 1 is 1.29 bits per heavy atom. The Hall–Kier alpha value is -1.40. The predicted octanol–water partition coefficient (Wildman–Crippen LogP) is 1.78. The third kappa shape index (κ3) is 2.46. The van der Waals surface area contributed by atoms with Gasteiger partial charge in [0.15, 0.2) is 5.82 Å². The molecule has 4 aliphatic heterocycles. The molecule has 1 aromatic rings. The van der Waals surface area contributed by atoms with Crippen molar-refractivity contribution in [2.45, 2.75) is 24.9 Å². The van der Waals surface area contributed by atoms with Crippen LogP contribution >= 0.6 is 11.6 Å². The van der Waals surface area contributed by atoms with Crippen LogP contribution in [0.25, 0.3) is 0 Å². The molecule has 5 rings (SSSR count). The van der Waals surface area contributed by atoms with Gasteiger partial charge >= 0.3 is 0 Å². The van der Waals surface area contributed by atoms with Gasteiger partial charge in [0, 0.05) is 25.4 Å². The van der Waals surface area contributed by atoms with Crippen LogP contribution in [0.15, 0.2) is 17.4 Å². The fourth-order valence-corrected chi connectivity index (χ4v) is 3.80. The number of ether oxygens (including phenoxy) is 1. The quantitative estimate of drug-likeness (QED) is 0.857. The van der Waals surface area contributed by atoms with Gasteiger partial charge in [-0.1, -0.05) is 11.6 Å². The largest absolute Gasteiger partial charge is 0.457 e. The number of aliphatic imine (C=N–C) groups is 1. The molecule has 0 saturated carbocycles. The van der Waals surface area contributed by atoms with Gasteiger partial charge in [-0.2, -0.15) is 0 Å². The second-order valence-electron chi connectivity index (χ2n) is 6.00. The molecule has 1 aromatic heterocycles. The highest BCUT2D eigenvalue weighted by molar-refractivity contribution is 6.29. The van der Waals surface area contributed by atoms with Crippen molar-refractivity contribution in [3.05, 3.63) is 17.5 Å². The lowest BCUT2D eigenvalue weighted by atomic mass is 9.73. The molecule has 5 heterocycles. The molecule has 0 aromatic carbocycles. The minimum absolute atomic E-state index is 0.0690. The van der Waals surface area contributed by atoms with Gasteiger partial charge in [0.05, 0.1) is 12.4 Å². The first-order valence-corrected chi connectivity index (χ1v) is 7.82. The highest BCUT2D eigenvalue weighted by Gasteiger charge is 2.50. The molecule has 2 bridgehead atoms. The second-order valence-corrected chi connectivity index (χ2v) is 6.39. The molecule has 1 N–H and O–H groups in total. The van der Waals surface area contributed by atoms with Gasteiger partial charge in [0.1, 0.15) is 10.8 Å². The zero-order valence-corrected chi connectivity index (χ0v) is 12.5. The number of amidine groups is 1. The van der Waals surface area contributed by atoms with E-state index in [1.165, 1.54) is 32.1 Å². The molecule has 1 atom stereocenters. The van der Waals surface area contributed by atoms with Crippen molar-refractivity contribution in [1.29, 1.82) is 0 Å². The number of fused-ring (bicyclic) bond motifs is 2. The van der Waals surface area contributed by atoms with Gasteiger partial charge in [-0.15, -0.1) is 0 Å². The molecule has 112 valence electrons. The van der Waals surface area contributed by atoms with Crippen LogP contribution in [0.1, 0.15) is 19.3 Å². The normalized spacial score (nSPS) is 34.4. The van der Waals surface area contributed by atoms with Crippen LogP contribution in [0.5, 0.6) is 0 Å². The summed E-state index contributed by atoms with van der Waals surface area (Å²) in [5, 5.41) is 3.49. The van der Waals surface area contributed by atoms with E-state index in [9.17, 15) is 0 Å². The molecule has 0 amide bonds. The Balaban J connectivity index is 1.50. The number of piperidine rings is 3. The van der Waals surface area contributed by atoms with Gasteiger partial charge in [0.25, 0.3) is 6.02 Å². The fourth-order valence-electron chi connectivity index (χ4n) is 3.70. The Bertz CT molecular complexity index is 555. The van der Waals surface area contributed by atoms with E-state index in [4.69, 9.17) is 16.3 Å². The van der Waals surface area contributed by atoms with E-state index in [-0.39, 0.29) is 5.60 Å². The first-order chi connectivity index (χ1) is 10.2. The molecular weight excluding hydrogens is 290 g/mol. The molecule has 3 saturated heterocycles. The zero-order chi connectivity index (χ0) is 14.3. The van der Waals surface area contributed by atoms with Gasteiger partial charge < -0.3 is 4.74 Å². The minimum Gasteiger partial charge on any atom is -0.457 e. The lowest BCUT2D eigenvalue weighted by molar-refractivity contribution is -0.109. The Morgan fingerprint density at radius 3 is 2.81 bits per heavy atom. The number of nitrogens with zero attached hydrogens (tertiary/aromatic N) is 4. The number of nitrogens with one attached hydrogen (secondary N) is 1. The second kappa shape index (κ2) is 5.10. The molecular formula is C14H18ClN5O. The topological polar surface area (TPSA) is 62.6 Å². The van der Waals surface area contributed by atoms with Gasteiger partial charge in [0.2, 0.25) is 0 Å². The molecule has 1 spiro atoms. The third-order valence-corrected chi connectivity index (χ3v) is 4.96. The van der Waals surface area contributed by atoms with Gasteiger partial charge in [-0.3, -0.25) is 10.2 Å². The van der Waals surface area contributed by atoms with E-state index in [2.05, 4.69) is 25.2 Å². The average molecular weight is 308 g/mol. The highest BCUT2D eigenvalue weighted by Crippen LogP contribution is 2.41. The SMILES string of the molecule is Clc1cnc(NC2=NCCC3(CN4CCC3CC4)O2)cn1. The van der Waals surface area contributed by atoms with Crippen molar-refractivity contribution in [2.24, 2.45) is 10.9 Å². The van der Waals surface area contributed by atoms with Crippen molar-refractivity contribution >= 4 is 23.4 Å². The monoisotopic (exact) mass is 307 g/mol. The van der Waals surface area contributed by atoms with Gasteiger partial charge in [-0.25, -0.2) is 15.0 Å². The standard InChI is InChI=1S/C14H18ClN5O/c15-11-7-18-12(8-17-11)19-13-16-4-3-14(21-13)9-20-5-1-10(14)2-6-20/h7-8,10H,1-6,9H2,(H,16,18,19). The summed E-state index contributed by atoms with van der Waals surface area (Å²) in [7, 11) is 0. The molecule has 0 radical (unpaired) electrons. The lowest BCUT2D eigenvalue weighted by Crippen LogP contribution is -2.62. The van der Waals surface area contributed by atoms with Crippen molar-refractivity contribution in [1.82, 2.24) is 14.9 Å². The van der Waals surface area contributed by atoms with Crippen LogP contribution in [0, 0.1) is 5.92 Å². The summed E-state index contributed by atoms with van der Waals surface area (Å²) in [5.41, 5.74) is -0.0690. The van der Waals surface area contributed by atoms with Crippen LogP contribution in [0.2, 0.25) is 5.15 Å². The molecule has 21 heavy (non-hydrogen) atoms. The van der Waals surface area contributed by atoms with Crippen LogP contribution in [0.3, 0.4) is 0 Å². The van der Waals surface area contributed by atoms with Crippen molar-refractivity contribution in [3.63, 3.8) is 0 Å². The number of rotatable bonds is 1. The van der Waals surface area contributed by atoms with Crippen molar-refractivity contribution in [3.8, 4) is 0 Å². The van der Waals surface area contributed by atoms with E-state index in [0.29, 0.717) is 22.9 Å². The average Bonchev–Trinajstić information content (AvgIpc) is 2.51. The number of anilines is 1. The van der Waals surface area contributed by atoms with E-state index in [0.717, 1.165) is 19.5 Å². The van der Waals surface area contributed by atoms with Gasteiger partial charge in [-0.05, 0) is 25.9 Å². The van der Waals surface area contributed by atoms with E-state index < -0.39 is 0 Å². The number of hydrogen-bond acceptors (Lipinski definition) is 6.